The lowest BCUT2D eigenvalue weighted by Crippen LogP contribution is -2.28. The summed E-state index contributed by atoms with van der Waals surface area (Å²) in [4.78, 5) is 25.6. The van der Waals surface area contributed by atoms with E-state index in [4.69, 9.17) is 5.73 Å². The molecule has 0 spiro atoms. The number of carbonyl (C=O) groups excluding carboxylic acids is 1. The number of amides is 1. The molecule has 31 heavy (non-hydrogen) atoms. The smallest absolute Gasteiger partial charge is 0.395 e. The topological polar surface area (TPSA) is 112 Å². The van der Waals surface area contributed by atoms with Crippen LogP contribution < -0.4 is 20.5 Å². The van der Waals surface area contributed by atoms with E-state index in [1.165, 1.54) is 12.1 Å². The summed E-state index contributed by atoms with van der Waals surface area (Å²) in [6.45, 7) is 1.88. The molecule has 8 nitrogen and oxygen atoms in total. The molecule has 5 rings (SSSR count). The van der Waals surface area contributed by atoms with Gasteiger partial charge in [0.15, 0.2) is 11.5 Å². The fourth-order valence-corrected chi connectivity index (χ4v) is 3.61. The van der Waals surface area contributed by atoms with Crippen LogP contribution in [0.3, 0.4) is 0 Å². The molecule has 0 atom stereocenters. The summed E-state index contributed by atoms with van der Waals surface area (Å²) < 4.78 is 35.6. The zero-order valence-electron chi connectivity index (χ0n) is 16.4. The molecule has 0 unspecified atom stereocenters. The molecule has 10 heteroatoms. The maximum absolute atomic E-state index is 13.3. The number of ether oxygens (including phenoxy) is 2. The van der Waals surface area contributed by atoms with Gasteiger partial charge in [-0.2, -0.15) is 0 Å². The number of nitrogens with zero attached hydrogens (tertiary/aromatic N) is 3. The number of aromatic nitrogens is 3. The maximum atomic E-state index is 13.3. The number of pyridine rings is 1. The molecular formula is C21H19F2N5O3. The lowest BCUT2D eigenvalue weighted by atomic mass is 9.94. The Balaban J connectivity index is 0.00000245. The Hall–Kier alpha value is -3.82. The van der Waals surface area contributed by atoms with Gasteiger partial charge in [-0.05, 0) is 49.1 Å². The fraction of sp³-hybridized carbons (Fsp3) is 0.238. The summed E-state index contributed by atoms with van der Waals surface area (Å²) in [6.07, 6.45) is 0.592. The van der Waals surface area contributed by atoms with Crippen LogP contribution in [0.15, 0.2) is 42.7 Å². The quantitative estimate of drug-likeness (QED) is 0.653. The molecule has 3 aromatic rings. The van der Waals surface area contributed by atoms with Crippen molar-refractivity contribution >= 4 is 17.7 Å². The molecular weight excluding hydrogens is 408 g/mol. The largest absolute Gasteiger partial charge is 0.586 e. The van der Waals surface area contributed by atoms with Gasteiger partial charge in [-0.1, -0.05) is 12.1 Å². The van der Waals surface area contributed by atoms with Crippen molar-refractivity contribution in [3.8, 4) is 22.8 Å². The minimum atomic E-state index is -3.70. The van der Waals surface area contributed by atoms with Crippen molar-refractivity contribution in [1.29, 1.82) is 0 Å². The van der Waals surface area contributed by atoms with Crippen LogP contribution in [0.2, 0.25) is 0 Å². The second-order valence-electron chi connectivity index (χ2n) is 7.56. The lowest BCUT2D eigenvalue weighted by molar-refractivity contribution is -0.286. The summed E-state index contributed by atoms with van der Waals surface area (Å²) in [7, 11) is 0. The predicted molar refractivity (Wildman–Crippen MR) is 109 cm³/mol. The molecule has 0 bridgehead atoms. The Morgan fingerprint density at radius 2 is 1.84 bits per heavy atom. The zero-order chi connectivity index (χ0) is 21.8. The summed E-state index contributed by atoms with van der Waals surface area (Å²) in [6, 6.07) is 7.96. The third-order valence-corrected chi connectivity index (χ3v) is 5.42. The Morgan fingerprint density at radius 1 is 1.13 bits per heavy atom. The third kappa shape index (κ3) is 3.39. The number of nitrogens with two attached hydrogens (primary N) is 1. The highest BCUT2D eigenvalue weighted by molar-refractivity contribution is 6.01. The van der Waals surface area contributed by atoms with E-state index < -0.39 is 11.7 Å². The Bertz CT molecular complexity index is 1200. The molecule has 1 aromatic carbocycles. The van der Waals surface area contributed by atoms with Gasteiger partial charge in [0.1, 0.15) is 5.82 Å². The molecule has 2 aromatic heterocycles. The standard InChI is InChI=1S/C21H17F2N5O3.H2/c1-11-2-5-16(27-17(11)12-9-25-19(24)26-10-12)28-18(29)20(6-7-20)13-3-4-14-15(8-13)31-21(22,23)30-14;/h2-5,8-10H,6-7H2,1H3,(H2,24,25,26)(H,27,28,29);1H. The van der Waals surface area contributed by atoms with E-state index in [0.29, 0.717) is 35.5 Å². The van der Waals surface area contributed by atoms with E-state index in [1.807, 2.05) is 13.0 Å². The average Bonchev–Trinajstić information content (AvgIpc) is 3.47. The van der Waals surface area contributed by atoms with E-state index in [1.54, 1.807) is 24.5 Å². The molecule has 2 aliphatic rings. The number of halogens is 2. The SMILES string of the molecule is Cc1ccc(NC(=O)C2(c3ccc4c(c3)OC(F)(F)O4)CC2)nc1-c1cnc(N)nc1.[HH]. The maximum Gasteiger partial charge on any atom is 0.586 e. The first-order valence-corrected chi connectivity index (χ1v) is 9.53. The summed E-state index contributed by atoms with van der Waals surface area (Å²) in [5.74, 6) is 0.110. The van der Waals surface area contributed by atoms with Crippen LogP contribution in [0.5, 0.6) is 11.5 Å². The van der Waals surface area contributed by atoms with Gasteiger partial charge in [0.05, 0.1) is 11.1 Å². The summed E-state index contributed by atoms with van der Waals surface area (Å²) in [5.41, 5.74) is 7.47. The second kappa shape index (κ2) is 6.59. The number of rotatable bonds is 4. The molecule has 1 saturated carbocycles. The highest BCUT2D eigenvalue weighted by Gasteiger charge is 2.53. The number of nitrogen functional groups attached to an aromatic ring is 1. The first-order valence-electron chi connectivity index (χ1n) is 9.53. The molecule has 1 aliphatic heterocycles. The van der Waals surface area contributed by atoms with Crippen molar-refractivity contribution in [3.63, 3.8) is 0 Å². The van der Waals surface area contributed by atoms with Gasteiger partial charge in [0.25, 0.3) is 0 Å². The van der Waals surface area contributed by atoms with Crippen molar-refractivity contribution in [2.45, 2.75) is 31.5 Å². The minimum Gasteiger partial charge on any atom is -0.395 e. The van der Waals surface area contributed by atoms with Crippen LogP contribution in [0, 0.1) is 6.92 Å². The van der Waals surface area contributed by atoms with Crippen molar-refractivity contribution in [1.82, 2.24) is 15.0 Å². The van der Waals surface area contributed by atoms with Gasteiger partial charge in [0, 0.05) is 19.4 Å². The van der Waals surface area contributed by atoms with Crippen molar-refractivity contribution < 1.29 is 24.5 Å². The molecule has 3 N–H and O–H groups in total. The van der Waals surface area contributed by atoms with Crippen LogP contribution in [-0.4, -0.2) is 27.2 Å². The van der Waals surface area contributed by atoms with Crippen LogP contribution in [0.4, 0.5) is 20.5 Å². The van der Waals surface area contributed by atoms with Gasteiger partial charge < -0.3 is 20.5 Å². The van der Waals surface area contributed by atoms with Crippen molar-refractivity contribution in [2.75, 3.05) is 11.1 Å². The molecule has 0 radical (unpaired) electrons. The number of nitrogens with one attached hydrogen (secondary N) is 1. The predicted octanol–water partition coefficient (Wildman–Crippen LogP) is 3.67. The van der Waals surface area contributed by atoms with Gasteiger partial charge in [0.2, 0.25) is 11.9 Å². The number of hydrogen-bond donors (Lipinski definition) is 2. The molecule has 1 amide bonds. The van der Waals surface area contributed by atoms with E-state index >= 15 is 0 Å². The summed E-state index contributed by atoms with van der Waals surface area (Å²) in [5, 5.41) is 2.84. The Kier molecular flexibility index (Phi) is 4.07. The number of carbonyl (C=O) groups is 1. The van der Waals surface area contributed by atoms with Crippen molar-refractivity contribution in [3.05, 3.63) is 53.9 Å². The van der Waals surface area contributed by atoms with E-state index in [9.17, 15) is 13.6 Å². The van der Waals surface area contributed by atoms with Gasteiger partial charge in [-0.25, -0.2) is 15.0 Å². The normalized spacial score (nSPS) is 17.3. The number of fused-ring (bicyclic) bond motifs is 1. The molecule has 160 valence electrons. The monoisotopic (exact) mass is 427 g/mol. The number of hydrogen-bond acceptors (Lipinski definition) is 7. The Morgan fingerprint density at radius 3 is 2.55 bits per heavy atom. The molecule has 1 aliphatic carbocycles. The first-order chi connectivity index (χ1) is 14.8. The van der Waals surface area contributed by atoms with E-state index in [0.717, 1.165) is 5.56 Å². The van der Waals surface area contributed by atoms with Crippen LogP contribution >= 0.6 is 0 Å². The zero-order valence-corrected chi connectivity index (χ0v) is 16.4. The highest BCUT2D eigenvalue weighted by Crippen LogP contribution is 2.52. The molecule has 0 saturated heterocycles. The minimum absolute atomic E-state index is 0. The van der Waals surface area contributed by atoms with E-state index in [-0.39, 0.29) is 24.8 Å². The summed E-state index contributed by atoms with van der Waals surface area (Å²) >= 11 is 0. The van der Waals surface area contributed by atoms with Crippen LogP contribution in [0.1, 0.15) is 25.4 Å². The third-order valence-electron chi connectivity index (χ3n) is 5.42. The number of alkyl halides is 2. The number of benzene rings is 1. The average molecular weight is 427 g/mol. The highest BCUT2D eigenvalue weighted by atomic mass is 19.3. The number of anilines is 2. The van der Waals surface area contributed by atoms with E-state index in [2.05, 4.69) is 29.7 Å². The van der Waals surface area contributed by atoms with Crippen molar-refractivity contribution in [2.24, 2.45) is 0 Å². The van der Waals surface area contributed by atoms with Gasteiger partial charge in [-0.3, -0.25) is 4.79 Å². The lowest BCUT2D eigenvalue weighted by Gasteiger charge is -2.16. The van der Waals surface area contributed by atoms with Gasteiger partial charge >= 0.3 is 6.29 Å². The molecule has 3 heterocycles. The first kappa shape index (κ1) is 19.2. The van der Waals surface area contributed by atoms with Crippen LogP contribution in [0.25, 0.3) is 11.3 Å². The number of aryl methyl sites for hydroxylation is 1. The fourth-order valence-electron chi connectivity index (χ4n) is 3.61. The van der Waals surface area contributed by atoms with Crippen LogP contribution in [-0.2, 0) is 10.2 Å². The molecule has 1 fully saturated rings. The van der Waals surface area contributed by atoms with Gasteiger partial charge in [-0.15, -0.1) is 8.78 Å². The second-order valence-corrected chi connectivity index (χ2v) is 7.56. The Labute approximate surface area is 176 Å².